The zero-order chi connectivity index (χ0) is 17.3. The van der Waals surface area contributed by atoms with Crippen LogP contribution in [0, 0.1) is 11.8 Å². The summed E-state index contributed by atoms with van der Waals surface area (Å²) in [5.74, 6) is 0.333. The van der Waals surface area contributed by atoms with Crippen LogP contribution in [0.25, 0.3) is 5.57 Å². The van der Waals surface area contributed by atoms with Crippen LogP contribution in [0.1, 0.15) is 48.2 Å². The second-order valence-electron chi connectivity index (χ2n) is 6.16. The number of allylic oxidation sites excluding steroid dienone is 2. The zero-order valence-electron chi connectivity index (χ0n) is 13.3. The number of rotatable bonds is 2. The highest BCUT2D eigenvalue weighted by Gasteiger charge is 2.36. The Morgan fingerprint density at radius 1 is 1.30 bits per heavy atom. The first-order valence-electron chi connectivity index (χ1n) is 7.53. The number of primary amides is 1. The van der Waals surface area contributed by atoms with Crippen molar-refractivity contribution in [3.05, 3.63) is 38.9 Å². The van der Waals surface area contributed by atoms with E-state index in [1.807, 2.05) is 12.9 Å². The Kier molecular flexibility index (Phi) is 5.19. The lowest BCUT2D eigenvalue weighted by Crippen LogP contribution is -2.20. The molecule has 23 heavy (non-hydrogen) atoms. The van der Waals surface area contributed by atoms with Crippen LogP contribution in [-0.4, -0.2) is 18.5 Å². The van der Waals surface area contributed by atoms with Gasteiger partial charge < -0.3 is 10.5 Å². The van der Waals surface area contributed by atoms with Crippen molar-refractivity contribution >= 4 is 40.0 Å². The van der Waals surface area contributed by atoms with E-state index in [-0.39, 0.29) is 17.6 Å². The maximum Gasteiger partial charge on any atom is 0.249 e. The lowest BCUT2D eigenvalue weighted by molar-refractivity contribution is -0.121. The third-order valence-electron chi connectivity index (χ3n) is 4.77. The molecule has 2 N–H and O–H groups in total. The Morgan fingerprint density at radius 2 is 1.96 bits per heavy atom. The predicted octanol–water partition coefficient (Wildman–Crippen LogP) is 3.31. The second kappa shape index (κ2) is 6.79. The van der Waals surface area contributed by atoms with Gasteiger partial charge in [0.15, 0.2) is 0 Å². The monoisotopic (exact) mass is 377 g/mol. The Morgan fingerprint density at radius 3 is 2.52 bits per heavy atom. The van der Waals surface area contributed by atoms with Crippen molar-refractivity contribution < 1.29 is 14.4 Å². The summed E-state index contributed by atoms with van der Waals surface area (Å²) in [7, 11) is 0. The van der Waals surface area contributed by atoms with Crippen molar-refractivity contribution in [3.8, 4) is 0 Å². The molecule has 0 spiro atoms. The summed E-state index contributed by atoms with van der Waals surface area (Å²) in [6.45, 7) is 5.85. The molecule has 5 heteroatoms. The van der Waals surface area contributed by atoms with Crippen molar-refractivity contribution in [2.24, 2.45) is 17.6 Å². The number of hydrogen-bond acceptors (Lipinski definition) is 3. The van der Waals surface area contributed by atoms with E-state index in [0.29, 0.717) is 11.5 Å². The van der Waals surface area contributed by atoms with Gasteiger partial charge in [-0.1, -0.05) is 28.4 Å². The molecule has 0 bridgehead atoms. The van der Waals surface area contributed by atoms with Gasteiger partial charge in [0.1, 0.15) is 12.6 Å². The molecule has 1 aromatic rings. The first kappa shape index (κ1) is 17.6. The molecular formula is C18H20BrNO3. The van der Waals surface area contributed by atoms with E-state index in [0.717, 1.165) is 34.9 Å². The third-order valence-corrected chi connectivity index (χ3v) is 5.43. The van der Waals surface area contributed by atoms with Gasteiger partial charge in [-0.05, 0) is 60.9 Å². The van der Waals surface area contributed by atoms with Gasteiger partial charge in [0.2, 0.25) is 5.91 Å². The fourth-order valence-electron chi connectivity index (χ4n) is 3.82. The molecule has 2 unspecified atom stereocenters. The number of fused-ring (bicyclic) bond motifs is 2. The number of amides is 1. The van der Waals surface area contributed by atoms with Crippen LogP contribution in [0.3, 0.4) is 0 Å². The number of halogens is 1. The van der Waals surface area contributed by atoms with E-state index >= 15 is 0 Å². The standard InChI is InChI=1S/C17H18BrNO2.CH2O/c1-8-5-10(9(2)20)6-11-7-13-12(17(19)21)3-4-14(18)16(13)15(8)11;1-2/h3-4,8,10H,5-7H2,1-2H3,(H2,19,21);1H2. The first-order valence-corrected chi connectivity index (χ1v) is 8.32. The number of benzene rings is 1. The van der Waals surface area contributed by atoms with Crippen LogP contribution < -0.4 is 5.73 Å². The van der Waals surface area contributed by atoms with Crippen molar-refractivity contribution in [2.75, 3.05) is 0 Å². The summed E-state index contributed by atoms with van der Waals surface area (Å²) in [6.07, 6.45) is 2.45. The number of carbonyl (C=O) groups excluding carboxylic acids is 3. The highest BCUT2D eigenvalue weighted by molar-refractivity contribution is 9.10. The quantitative estimate of drug-likeness (QED) is 0.858. The molecule has 0 aliphatic heterocycles. The SMILES string of the molecule is C=O.CC(=O)C1CC2=C(c3c(Br)ccc(C(N)=O)c3C2)C(C)C1. The molecule has 3 rings (SSSR count). The van der Waals surface area contributed by atoms with Crippen molar-refractivity contribution in [3.63, 3.8) is 0 Å². The molecule has 0 radical (unpaired) electrons. The Balaban J connectivity index is 0.000000924. The van der Waals surface area contributed by atoms with Crippen LogP contribution in [0.4, 0.5) is 0 Å². The fraction of sp³-hybridized carbons (Fsp3) is 0.389. The molecule has 2 aliphatic rings. The van der Waals surface area contributed by atoms with E-state index in [4.69, 9.17) is 10.5 Å². The predicted molar refractivity (Wildman–Crippen MR) is 93.0 cm³/mol. The van der Waals surface area contributed by atoms with Crippen LogP contribution >= 0.6 is 15.9 Å². The van der Waals surface area contributed by atoms with Gasteiger partial charge in [0.05, 0.1) is 0 Å². The summed E-state index contributed by atoms with van der Waals surface area (Å²) in [5.41, 5.74) is 10.9. The first-order chi connectivity index (χ1) is 10.9. The van der Waals surface area contributed by atoms with Crippen molar-refractivity contribution in [2.45, 2.75) is 33.1 Å². The molecule has 1 amide bonds. The van der Waals surface area contributed by atoms with Gasteiger partial charge in [0, 0.05) is 16.0 Å². The smallest absolute Gasteiger partial charge is 0.249 e. The number of hydrogen-bond donors (Lipinski definition) is 1. The highest BCUT2D eigenvalue weighted by Crippen LogP contribution is 2.49. The maximum absolute atomic E-state index is 11.7. The Labute approximate surface area is 144 Å². The summed E-state index contributed by atoms with van der Waals surface area (Å²) < 4.78 is 1.01. The van der Waals surface area contributed by atoms with E-state index in [1.54, 1.807) is 13.0 Å². The third kappa shape index (κ3) is 3.02. The van der Waals surface area contributed by atoms with Gasteiger partial charge in [-0.3, -0.25) is 9.59 Å². The van der Waals surface area contributed by atoms with E-state index in [1.165, 1.54) is 11.1 Å². The van der Waals surface area contributed by atoms with E-state index in [2.05, 4.69) is 22.9 Å². The van der Waals surface area contributed by atoms with Crippen molar-refractivity contribution in [1.82, 2.24) is 0 Å². The van der Waals surface area contributed by atoms with Crippen LogP contribution in [0.5, 0.6) is 0 Å². The van der Waals surface area contributed by atoms with Crippen LogP contribution in [0.15, 0.2) is 22.2 Å². The minimum atomic E-state index is -0.380. The Hall–Kier alpha value is -1.75. The van der Waals surface area contributed by atoms with E-state index in [9.17, 15) is 9.59 Å². The minimum absolute atomic E-state index is 0.115. The van der Waals surface area contributed by atoms with Gasteiger partial charge in [-0.25, -0.2) is 0 Å². The fourth-order valence-corrected chi connectivity index (χ4v) is 4.41. The molecule has 0 saturated carbocycles. The Bertz CT molecular complexity index is 708. The average molecular weight is 378 g/mol. The highest BCUT2D eigenvalue weighted by atomic mass is 79.9. The molecule has 2 atom stereocenters. The van der Waals surface area contributed by atoms with E-state index < -0.39 is 0 Å². The molecular weight excluding hydrogens is 358 g/mol. The second-order valence-corrected chi connectivity index (χ2v) is 7.01. The molecule has 4 nitrogen and oxygen atoms in total. The maximum atomic E-state index is 11.7. The summed E-state index contributed by atoms with van der Waals surface area (Å²) in [4.78, 5) is 31.4. The molecule has 1 aromatic carbocycles. The summed E-state index contributed by atoms with van der Waals surface area (Å²) in [6, 6.07) is 3.69. The number of ketones is 1. The van der Waals surface area contributed by atoms with Gasteiger partial charge in [-0.15, -0.1) is 0 Å². The lowest BCUT2D eigenvalue weighted by Gasteiger charge is -2.28. The molecule has 122 valence electrons. The number of Topliss-reactive ketones (excluding diaryl/α,β-unsaturated/α-hetero) is 1. The zero-order valence-corrected chi connectivity index (χ0v) is 14.9. The molecule has 0 fully saturated rings. The topological polar surface area (TPSA) is 77.2 Å². The number of carbonyl (C=O) groups is 3. The lowest BCUT2D eigenvalue weighted by atomic mass is 9.76. The molecule has 0 heterocycles. The largest absolute Gasteiger partial charge is 0.366 e. The summed E-state index contributed by atoms with van der Waals surface area (Å²) in [5, 5.41) is 0. The van der Waals surface area contributed by atoms with Gasteiger partial charge in [0.25, 0.3) is 0 Å². The van der Waals surface area contributed by atoms with Gasteiger partial charge >= 0.3 is 0 Å². The summed E-state index contributed by atoms with van der Waals surface area (Å²) >= 11 is 3.61. The molecule has 2 aliphatic carbocycles. The molecule has 0 aromatic heterocycles. The average Bonchev–Trinajstić information content (AvgIpc) is 2.89. The normalized spacial score (nSPS) is 21.9. The van der Waals surface area contributed by atoms with Crippen LogP contribution in [0.2, 0.25) is 0 Å². The molecule has 0 saturated heterocycles. The van der Waals surface area contributed by atoms with Gasteiger partial charge in [-0.2, -0.15) is 0 Å². The van der Waals surface area contributed by atoms with Crippen LogP contribution in [-0.2, 0) is 16.0 Å². The van der Waals surface area contributed by atoms with Crippen molar-refractivity contribution in [1.29, 1.82) is 0 Å². The minimum Gasteiger partial charge on any atom is -0.366 e. The number of nitrogens with two attached hydrogens (primary N) is 1.